The van der Waals surface area contributed by atoms with E-state index in [9.17, 15) is 18.4 Å². The number of urea groups is 1. The molecule has 0 aliphatic carbocycles. The number of carbonyl (C=O) groups is 2. The molecule has 0 aliphatic heterocycles. The van der Waals surface area contributed by atoms with Gasteiger partial charge in [-0.25, -0.2) is 18.6 Å². The number of halogens is 2. The summed E-state index contributed by atoms with van der Waals surface area (Å²) in [5, 5.41) is 6.02. The highest BCUT2D eigenvalue weighted by atomic mass is 19.1. The van der Waals surface area contributed by atoms with E-state index in [1.807, 2.05) is 29.6 Å². The molecule has 1 heterocycles. The number of fused-ring (bicyclic) bond motifs is 1. The summed E-state index contributed by atoms with van der Waals surface area (Å²) < 4.78 is 38.9. The number of imide groups is 1. The molecule has 4 aromatic rings. The van der Waals surface area contributed by atoms with Gasteiger partial charge in [0.15, 0.2) is 0 Å². The van der Waals surface area contributed by atoms with E-state index >= 15 is 0 Å². The average Bonchev–Trinajstić information content (AvgIpc) is 2.80. The number of nitrogens with one attached hydrogen (secondary N) is 2. The van der Waals surface area contributed by atoms with Gasteiger partial charge in [0.2, 0.25) is 5.88 Å². The molecule has 0 saturated carbocycles. The smallest absolute Gasteiger partial charge is 0.326 e. The average molecular weight is 463 g/mol. The molecule has 9 heteroatoms. The maximum atomic E-state index is 13.7. The predicted octanol–water partition coefficient (Wildman–Crippen LogP) is 5.58. The monoisotopic (exact) mass is 463 g/mol. The number of hydrogen-bond acceptors (Lipinski definition) is 5. The Morgan fingerprint density at radius 1 is 0.912 bits per heavy atom. The fourth-order valence-corrected chi connectivity index (χ4v) is 3.40. The first-order valence-electron chi connectivity index (χ1n) is 10.1. The van der Waals surface area contributed by atoms with Crippen LogP contribution < -0.4 is 20.1 Å². The lowest BCUT2D eigenvalue weighted by atomic mass is 10.1. The van der Waals surface area contributed by atoms with Gasteiger partial charge in [0.1, 0.15) is 28.7 Å². The predicted molar refractivity (Wildman–Crippen MR) is 122 cm³/mol. The topological polar surface area (TPSA) is 89.6 Å². The van der Waals surface area contributed by atoms with Gasteiger partial charge in [0, 0.05) is 16.3 Å². The van der Waals surface area contributed by atoms with Gasteiger partial charge in [0.25, 0.3) is 5.91 Å². The summed E-state index contributed by atoms with van der Waals surface area (Å²) in [6.07, 6.45) is 1.34. The van der Waals surface area contributed by atoms with Crippen LogP contribution in [0.3, 0.4) is 0 Å². The third-order valence-corrected chi connectivity index (χ3v) is 4.98. The van der Waals surface area contributed by atoms with Gasteiger partial charge in [0.05, 0.1) is 19.0 Å². The summed E-state index contributed by atoms with van der Waals surface area (Å²) in [5.41, 5.74) is 0.00957. The van der Waals surface area contributed by atoms with Crippen LogP contribution in [0.4, 0.5) is 19.3 Å². The lowest BCUT2D eigenvalue weighted by molar-refractivity contribution is 0.0959. The zero-order valence-electron chi connectivity index (χ0n) is 18.2. The second-order valence-corrected chi connectivity index (χ2v) is 7.26. The Balaban J connectivity index is 1.48. The van der Waals surface area contributed by atoms with Crippen LogP contribution in [-0.4, -0.2) is 24.0 Å². The fraction of sp³-hybridized carbons (Fsp3) is 0.0800. The summed E-state index contributed by atoms with van der Waals surface area (Å²) in [7, 11) is 1.59. The van der Waals surface area contributed by atoms with Crippen molar-refractivity contribution in [1.29, 1.82) is 0 Å². The zero-order chi connectivity index (χ0) is 24.2. The quantitative estimate of drug-likeness (QED) is 0.403. The van der Waals surface area contributed by atoms with Gasteiger partial charge in [-0.3, -0.25) is 10.1 Å². The molecule has 2 N–H and O–H groups in total. The highest BCUT2D eigenvalue weighted by Gasteiger charge is 2.19. The summed E-state index contributed by atoms with van der Waals surface area (Å²) in [6.45, 7) is 1.73. The van der Waals surface area contributed by atoms with Crippen LogP contribution in [0.5, 0.6) is 17.4 Å². The number of anilines is 1. The van der Waals surface area contributed by atoms with E-state index < -0.39 is 29.1 Å². The number of carbonyl (C=O) groups excluding carboxylic acids is 2. The minimum atomic E-state index is -1.20. The summed E-state index contributed by atoms with van der Waals surface area (Å²) in [4.78, 5) is 28.5. The van der Waals surface area contributed by atoms with Gasteiger partial charge in [-0.15, -0.1) is 0 Å². The second kappa shape index (κ2) is 9.53. The van der Waals surface area contributed by atoms with Crippen molar-refractivity contribution in [3.63, 3.8) is 0 Å². The largest absolute Gasteiger partial charge is 0.496 e. The molecule has 0 bridgehead atoms. The first-order chi connectivity index (χ1) is 16.4. The van der Waals surface area contributed by atoms with Crippen LogP contribution in [0.1, 0.15) is 15.9 Å². The number of rotatable bonds is 5. The summed E-state index contributed by atoms with van der Waals surface area (Å²) >= 11 is 0. The van der Waals surface area contributed by atoms with Crippen LogP contribution >= 0.6 is 0 Å². The normalized spacial score (nSPS) is 10.6. The van der Waals surface area contributed by atoms with Gasteiger partial charge in [-0.05, 0) is 37.3 Å². The number of methoxy groups -OCH3 is 1. The van der Waals surface area contributed by atoms with Crippen molar-refractivity contribution in [2.75, 3.05) is 12.4 Å². The van der Waals surface area contributed by atoms with Crippen LogP contribution in [-0.2, 0) is 0 Å². The zero-order valence-corrected chi connectivity index (χ0v) is 18.2. The molecule has 7 nitrogen and oxygen atoms in total. The van der Waals surface area contributed by atoms with Crippen LogP contribution in [0.25, 0.3) is 10.8 Å². The first kappa shape index (κ1) is 22.7. The van der Waals surface area contributed by atoms with Crippen LogP contribution in [0.15, 0.2) is 66.9 Å². The van der Waals surface area contributed by atoms with Gasteiger partial charge in [-0.2, -0.15) is 0 Å². The molecule has 34 heavy (non-hydrogen) atoms. The number of aryl methyl sites for hydroxylation is 1. The highest BCUT2D eigenvalue weighted by molar-refractivity contribution is 6.08. The molecule has 0 radical (unpaired) electrons. The Labute approximate surface area is 193 Å². The van der Waals surface area contributed by atoms with Crippen molar-refractivity contribution in [1.82, 2.24) is 10.3 Å². The molecule has 172 valence electrons. The van der Waals surface area contributed by atoms with Gasteiger partial charge >= 0.3 is 6.03 Å². The SMILES string of the molecule is COc1ccc(Oc2ncc(NC(=O)NC(=O)c3c(F)cccc3F)cc2C)c2ccccc12. The Hall–Kier alpha value is -4.53. The Morgan fingerprint density at radius 2 is 1.56 bits per heavy atom. The third kappa shape index (κ3) is 4.63. The van der Waals surface area contributed by atoms with Crippen molar-refractivity contribution < 1.29 is 27.8 Å². The molecular formula is C25H19F2N3O4. The van der Waals surface area contributed by atoms with E-state index in [-0.39, 0.29) is 5.69 Å². The van der Waals surface area contributed by atoms with Crippen molar-refractivity contribution in [3.05, 3.63) is 89.6 Å². The molecule has 0 atom stereocenters. The maximum Gasteiger partial charge on any atom is 0.326 e. The molecule has 0 aliphatic rings. The molecule has 0 fully saturated rings. The van der Waals surface area contributed by atoms with Crippen molar-refractivity contribution in [3.8, 4) is 17.4 Å². The molecule has 4 rings (SSSR count). The van der Waals surface area contributed by atoms with Crippen LogP contribution in [0.2, 0.25) is 0 Å². The Morgan fingerprint density at radius 3 is 2.21 bits per heavy atom. The van der Waals surface area contributed by atoms with E-state index in [1.54, 1.807) is 32.2 Å². The fourth-order valence-electron chi connectivity index (χ4n) is 3.40. The van der Waals surface area contributed by atoms with Gasteiger partial charge in [-0.1, -0.05) is 30.3 Å². The second-order valence-electron chi connectivity index (χ2n) is 7.26. The molecule has 0 unspecified atom stereocenters. The van der Waals surface area contributed by atoms with Crippen molar-refractivity contribution in [2.45, 2.75) is 6.92 Å². The van der Waals surface area contributed by atoms with Crippen molar-refractivity contribution >= 4 is 28.4 Å². The minimum absolute atomic E-state index is 0.253. The van der Waals surface area contributed by atoms with E-state index in [0.717, 1.165) is 29.0 Å². The summed E-state index contributed by atoms with van der Waals surface area (Å²) in [6, 6.07) is 14.8. The molecule has 1 aromatic heterocycles. The number of benzene rings is 3. The Kier molecular flexibility index (Phi) is 6.35. The number of aromatic nitrogens is 1. The molecule has 0 saturated heterocycles. The van der Waals surface area contributed by atoms with Crippen LogP contribution in [0, 0.1) is 18.6 Å². The number of ether oxygens (including phenoxy) is 2. The minimum Gasteiger partial charge on any atom is -0.496 e. The highest BCUT2D eigenvalue weighted by Crippen LogP contribution is 2.35. The molecule has 3 aromatic carbocycles. The molecular weight excluding hydrogens is 444 g/mol. The first-order valence-corrected chi connectivity index (χ1v) is 10.1. The standard InChI is InChI=1S/C25H19F2N3O4/c1-14-12-15(29-25(32)30-23(31)22-18(26)8-5-9-19(22)27)13-28-24(14)34-21-11-10-20(33-2)16-6-3-4-7-17(16)21/h3-13H,1-2H3,(H2,29,30,31,32). The lowest BCUT2D eigenvalue weighted by Crippen LogP contribution is -2.35. The molecule has 3 amide bonds. The molecule has 0 spiro atoms. The number of pyridine rings is 1. The third-order valence-electron chi connectivity index (χ3n) is 4.98. The number of amides is 3. The Bertz CT molecular complexity index is 1390. The van der Waals surface area contributed by atoms with E-state index in [4.69, 9.17) is 9.47 Å². The number of hydrogen-bond donors (Lipinski definition) is 2. The van der Waals surface area contributed by atoms with E-state index in [2.05, 4.69) is 10.3 Å². The van der Waals surface area contributed by atoms with E-state index in [0.29, 0.717) is 22.9 Å². The summed E-state index contributed by atoms with van der Waals surface area (Å²) in [5.74, 6) is -1.76. The number of nitrogens with zero attached hydrogens (tertiary/aromatic N) is 1. The van der Waals surface area contributed by atoms with Gasteiger partial charge < -0.3 is 14.8 Å². The van der Waals surface area contributed by atoms with Crippen molar-refractivity contribution in [2.24, 2.45) is 0 Å². The van der Waals surface area contributed by atoms with E-state index in [1.165, 1.54) is 6.20 Å². The lowest BCUT2D eigenvalue weighted by Gasteiger charge is -2.13. The maximum absolute atomic E-state index is 13.7.